The normalized spacial score (nSPS) is 28.2. The average molecular weight is 425 g/mol. The molecule has 1 aromatic rings. The lowest BCUT2D eigenvalue weighted by Crippen LogP contribution is -2.37. The number of rotatable bonds is 4. The molecule has 2 saturated heterocycles. The van der Waals surface area contributed by atoms with Crippen LogP contribution in [0.15, 0.2) is 23.2 Å². The number of sulfone groups is 1. The van der Waals surface area contributed by atoms with Crippen LogP contribution < -0.4 is 4.90 Å². The monoisotopic (exact) mass is 424 g/mol. The first-order chi connectivity index (χ1) is 13.3. The molecule has 4 rings (SSSR count). The van der Waals surface area contributed by atoms with Crippen LogP contribution in [-0.4, -0.2) is 42.3 Å². The quantitative estimate of drug-likeness (QED) is 0.737. The van der Waals surface area contributed by atoms with E-state index in [1.165, 1.54) is 43.5 Å². The number of carbonyl (C=O) groups excluding carboxylic acids is 1. The number of hydrogen-bond acceptors (Lipinski definition) is 4. The summed E-state index contributed by atoms with van der Waals surface area (Å²) in [6.45, 7) is 1.68. The lowest BCUT2D eigenvalue weighted by atomic mass is 10.0. The molecule has 2 aliphatic heterocycles. The largest absolute Gasteiger partial charge is 0.315 e. The van der Waals surface area contributed by atoms with Crippen LogP contribution in [-0.2, 0) is 14.6 Å². The number of hydrogen-bond donors (Lipinski definition) is 0. The Morgan fingerprint density at radius 2 is 2.04 bits per heavy atom. The Morgan fingerprint density at radius 3 is 2.75 bits per heavy atom. The summed E-state index contributed by atoms with van der Waals surface area (Å²) in [5.41, 5.74) is 1.08. The maximum atomic E-state index is 14.2. The van der Waals surface area contributed by atoms with Gasteiger partial charge in [0, 0.05) is 17.4 Å². The molecular weight excluding hydrogens is 399 g/mol. The highest BCUT2D eigenvalue weighted by Crippen LogP contribution is 2.41. The van der Waals surface area contributed by atoms with E-state index in [0.717, 1.165) is 6.42 Å². The van der Waals surface area contributed by atoms with E-state index in [9.17, 15) is 17.6 Å². The Kier molecular flexibility index (Phi) is 5.53. The maximum absolute atomic E-state index is 14.2. The summed E-state index contributed by atoms with van der Waals surface area (Å²) in [6.07, 6.45) is 6.14. The zero-order valence-corrected chi connectivity index (χ0v) is 17.6. The van der Waals surface area contributed by atoms with Crippen molar-refractivity contribution in [1.29, 1.82) is 0 Å². The van der Waals surface area contributed by atoms with Crippen LogP contribution in [0.2, 0.25) is 0 Å². The Labute approximate surface area is 169 Å². The van der Waals surface area contributed by atoms with Crippen LogP contribution >= 0.6 is 11.8 Å². The maximum Gasteiger partial charge on any atom is 0.248 e. The number of carbonyl (C=O) groups is 1. The van der Waals surface area contributed by atoms with Gasteiger partial charge in [0.15, 0.2) is 15.0 Å². The third-order valence-corrected chi connectivity index (χ3v) is 9.17. The van der Waals surface area contributed by atoms with E-state index in [0.29, 0.717) is 28.8 Å². The third kappa shape index (κ3) is 4.13. The number of amides is 1. The van der Waals surface area contributed by atoms with Gasteiger partial charge in [-0.05, 0) is 37.0 Å². The summed E-state index contributed by atoms with van der Waals surface area (Å²) in [6, 6.07) is 4.54. The molecule has 1 aliphatic carbocycles. The smallest absolute Gasteiger partial charge is 0.248 e. The van der Waals surface area contributed by atoms with Crippen molar-refractivity contribution < 1.29 is 17.6 Å². The lowest BCUT2D eigenvalue weighted by molar-refractivity contribution is -0.118. The van der Waals surface area contributed by atoms with Crippen LogP contribution in [0, 0.1) is 18.7 Å². The molecule has 0 unspecified atom stereocenters. The van der Waals surface area contributed by atoms with Crippen molar-refractivity contribution in [2.45, 2.75) is 56.7 Å². The zero-order chi connectivity index (χ0) is 19.9. The average Bonchev–Trinajstić information content (AvgIpc) is 3.30. The predicted molar refractivity (Wildman–Crippen MR) is 111 cm³/mol. The molecule has 2 atom stereocenters. The molecule has 152 valence electrons. The van der Waals surface area contributed by atoms with Gasteiger partial charge in [-0.1, -0.05) is 43.5 Å². The standard InChI is InChI=1S/C20H25FN2O3S2/c1-13-6-8-15(10-16(13)21)23-17-11-28(25,26)12-18(17)27-20(23)22-19(24)9-7-14-4-2-3-5-14/h6,8,10,14,17-18H,2-5,7,9,11-12H2,1H3/t17-,18+/m0/s1. The van der Waals surface area contributed by atoms with E-state index in [1.807, 2.05) is 0 Å². The van der Waals surface area contributed by atoms with Gasteiger partial charge in [-0.2, -0.15) is 4.99 Å². The fraction of sp³-hybridized carbons (Fsp3) is 0.600. The SMILES string of the molecule is Cc1ccc(N2C(=NC(=O)CCC3CCCC3)S[C@@H]3CS(=O)(=O)C[C@@H]32)cc1F. The van der Waals surface area contributed by atoms with Gasteiger partial charge in [-0.25, -0.2) is 12.8 Å². The Bertz CT molecular complexity index is 910. The number of aryl methyl sites for hydroxylation is 1. The number of fused-ring (bicyclic) bond motifs is 1. The fourth-order valence-electron chi connectivity index (χ4n) is 4.39. The molecule has 0 aromatic heterocycles. The molecule has 2 heterocycles. The summed E-state index contributed by atoms with van der Waals surface area (Å²) in [5, 5.41) is 0.334. The summed E-state index contributed by atoms with van der Waals surface area (Å²) in [4.78, 5) is 18.6. The number of thioether (sulfide) groups is 1. The fourth-order valence-corrected chi connectivity index (χ4v) is 8.32. The molecule has 3 fully saturated rings. The second-order valence-electron chi connectivity index (χ2n) is 8.08. The van der Waals surface area contributed by atoms with Crippen molar-refractivity contribution >= 4 is 38.4 Å². The van der Waals surface area contributed by atoms with E-state index < -0.39 is 9.84 Å². The minimum Gasteiger partial charge on any atom is -0.315 e. The Hall–Kier alpha value is -1.41. The number of anilines is 1. The minimum absolute atomic E-state index is 0.00937. The van der Waals surface area contributed by atoms with E-state index in [2.05, 4.69) is 4.99 Å². The first kappa shape index (κ1) is 19.9. The summed E-state index contributed by atoms with van der Waals surface area (Å²) >= 11 is 1.34. The molecule has 5 nitrogen and oxygen atoms in total. The molecule has 0 N–H and O–H groups in total. The molecule has 8 heteroatoms. The van der Waals surface area contributed by atoms with Crippen LogP contribution in [0.25, 0.3) is 0 Å². The third-order valence-electron chi connectivity index (χ3n) is 5.96. The molecular formula is C20H25FN2O3S2. The zero-order valence-electron chi connectivity index (χ0n) is 15.9. The van der Waals surface area contributed by atoms with Crippen molar-refractivity contribution in [3.8, 4) is 0 Å². The highest BCUT2D eigenvalue weighted by molar-refractivity contribution is 8.16. The Morgan fingerprint density at radius 1 is 1.29 bits per heavy atom. The highest BCUT2D eigenvalue weighted by atomic mass is 32.2. The molecule has 0 bridgehead atoms. The van der Waals surface area contributed by atoms with E-state index in [-0.39, 0.29) is 34.5 Å². The topological polar surface area (TPSA) is 66.8 Å². The van der Waals surface area contributed by atoms with Gasteiger partial charge in [-0.15, -0.1) is 0 Å². The number of benzene rings is 1. The van der Waals surface area contributed by atoms with Gasteiger partial charge >= 0.3 is 0 Å². The number of aliphatic imine (C=N–C) groups is 1. The summed E-state index contributed by atoms with van der Waals surface area (Å²) in [5.74, 6) is 0.179. The van der Waals surface area contributed by atoms with Crippen molar-refractivity contribution in [3.05, 3.63) is 29.6 Å². The van der Waals surface area contributed by atoms with E-state index >= 15 is 0 Å². The van der Waals surface area contributed by atoms with Crippen LogP contribution in [0.5, 0.6) is 0 Å². The molecule has 0 radical (unpaired) electrons. The van der Waals surface area contributed by atoms with E-state index in [4.69, 9.17) is 0 Å². The summed E-state index contributed by atoms with van der Waals surface area (Å²) < 4.78 is 38.4. The molecule has 0 spiro atoms. The second kappa shape index (κ2) is 7.78. The van der Waals surface area contributed by atoms with Crippen molar-refractivity contribution in [2.75, 3.05) is 16.4 Å². The molecule has 3 aliphatic rings. The molecule has 28 heavy (non-hydrogen) atoms. The predicted octanol–water partition coefficient (Wildman–Crippen LogP) is 3.71. The van der Waals surface area contributed by atoms with Gasteiger partial charge in [0.2, 0.25) is 5.91 Å². The van der Waals surface area contributed by atoms with Crippen molar-refractivity contribution in [2.24, 2.45) is 10.9 Å². The highest BCUT2D eigenvalue weighted by Gasteiger charge is 2.49. The van der Waals surface area contributed by atoms with Crippen LogP contribution in [0.4, 0.5) is 10.1 Å². The van der Waals surface area contributed by atoms with Gasteiger partial charge in [0.1, 0.15) is 5.82 Å². The van der Waals surface area contributed by atoms with Gasteiger partial charge in [0.05, 0.1) is 17.5 Å². The minimum atomic E-state index is -3.13. The molecule has 1 aromatic carbocycles. The number of nitrogens with zero attached hydrogens (tertiary/aromatic N) is 2. The van der Waals surface area contributed by atoms with Crippen molar-refractivity contribution in [1.82, 2.24) is 0 Å². The van der Waals surface area contributed by atoms with Crippen LogP contribution in [0.1, 0.15) is 44.1 Å². The van der Waals surface area contributed by atoms with Gasteiger partial charge in [0.25, 0.3) is 0 Å². The first-order valence-electron chi connectivity index (χ1n) is 9.86. The second-order valence-corrected chi connectivity index (χ2v) is 11.4. The Balaban J connectivity index is 1.57. The number of halogens is 1. The van der Waals surface area contributed by atoms with E-state index in [1.54, 1.807) is 24.0 Å². The lowest BCUT2D eigenvalue weighted by Gasteiger charge is -2.24. The van der Waals surface area contributed by atoms with Gasteiger partial charge < -0.3 is 4.90 Å². The molecule has 1 amide bonds. The molecule has 1 saturated carbocycles. The summed E-state index contributed by atoms with van der Waals surface area (Å²) in [7, 11) is -3.13. The first-order valence-corrected chi connectivity index (χ1v) is 12.6. The van der Waals surface area contributed by atoms with Gasteiger partial charge in [-0.3, -0.25) is 4.79 Å². The van der Waals surface area contributed by atoms with Crippen LogP contribution in [0.3, 0.4) is 0 Å². The van der Waals surface area contributed by atoms with Crippen molar-refractivity contribution in [3.63, 3.8) is 0 Å². The number of amidine groups is 1.